The number of unbranched alkanes of at least 4 members (excludes halogenated alkanes) is 8. The van der Waals surface area contributed by atoms with E-state index >= 15 is 0 Å². The van der Waals surface area contributed by atoms with Gasteiger partial charge in [-0.1, -0.05) is 64.0 Å². The van der Waals surface area contributed by atoms with Crippen molar-refractivity contribution in [2.45, 2.75) is 115 Å². The molecule has 9 nitrogen and oxygen atoms in total. The third kappa shape index (κ3) is 15.9. The van der Waals surface area contributed by atoms with Crippen LogP contribution < -0.4 is 0 Å². The van der Waals surface area contributed by atoms with Crippen molar-refractivity contribution in [3.8, 4) is 0 Å². The first-order chi connectivity index (χ1) is 17.1. The molecule has 0 radical (unpaired) electrons. The van der Waals surface area contributed by atoms with Crippen molar-refractivity contribution in [1.29, 1.82) is 0 Å². The van der Waals surface area contributed by atoms with Gasteiger partial charge in [-0.25, -0.2) is 4.57 Å². The lowest BCUT2D eigenvalue weighted by atomic mass is 9.88. The molecule has 1 rings (SSSR count). The Labute approximate surface area is 215 Å². The molecule has 1 saturated carbocycles. The zero-order chi connectivity index (χ0) is 26.8. The van der Waals surface area contributed by atoms with Crippen LogP contribution in [0.15, 0.2) is 12.2 Å². The Morgan fingerprint density at radius 3 is 2.39 bits per heavy atom. The summed E-state index contributed by atoms with van der Waals surface area (Å²) in [5.74, 6) is -0.563. The molecule has 0 heterocycles. The summed E-state index contributed by atoms with van der Waals surface area (Å²) in [5.41, 5.74) is 0. The lowest BCUT2D eigenvalue weighted by molar-refractivity contribution is -0.143. The van der Waals surface area contributed by atoms with Crippen LogP contribution in [-0.4, -0.2) is 57.2 Å². The number of aliphatic hydroxyl groups is 2. The van der Waals surface area contributed by atoms with Crippen LogP contribution in [0.5, 0.6) is 0 Å². The molecule has 4 N–H and O–H groups in total. The maximum atomic E-state index is 12.3. The van der Waals surface area contributed by atoms with E-state index < -0.39 is 20.0 Å². The molecule has 0 unspecified atom stereocenters. The summed E-state index contributed by atoms with van der Waals surface area (Å²) in [6.07, 6.45) is 13.6. The molecule has 0 bridgehead atoms. The predicted octanol–water partition coefficient (Wildman–Crippen LogP) is 4.60. The monoisotopic (exact) mass is 534 g/mol. The molecular weight excluding hydrogens is 487 g/mol. The van der Waals surface area contributed by atoms with Crippen LogP contribution in [0.1, 0.15) is 103 Å². The molecule has 0 aromatic carbocycles. The number of phosphoric ester groups is 1. The van der Waals surface area contributed by atoms with Crippen molar-refractivity contribution in [2.75, 3.05) is 13.2 Å². The van der Waals surface area contributed by atoms with Crippen LogP contribution in [0.4, 0.5) is 0 Å². The van der Waals surface area contributed by atoms with E-state index in [-0.39, 0.29) is 36.6 Å². The molecule has 0 aliphatic heterocycles. The minimum atomic E-state index is -4.39. The van der Waals surface area contributed by atoms with Crippen LogP contribution in [0, 0.1) is 11.8 Å². The topological polar surface area (TPSA) is 151 Å². The van der Waals surface area contributed by atoms with Gasteiger partial charge < -0.3 is 24.7 Å². The SMILES string of the molecule is CCCCC[C@H](O)/C=C/[C@H]1[C@H](O)CC(=O)[C@@H]1CCCCCCC(=O)OCCCCCCOP(=O)(O)O. The van der Waals surface area contributed by atoms with Gasteiger partial charge in [0.2, 0.25) is 0 Å². The first-order valence-electron chi connectivity index (χ1n) is 13.6. The number of ketones is 1. The van der Waals surface area contributed by atoms with Crippen LogP contribution >= 0.6 is 7.82 Å². The van der Waals surface area contributed by atoms with Gasteiger partial charge in [-0.3, -0.25) is 14.1 Å². The van der Waals surface area contributed by atoms with Crippen molar-refractivity contribution in [3.05, 3.63) is 12.2 Å². The highest BCUT2D eigenvalue weighted by Gasteiger charge is 2.39. The molecule has 0 spiro atoms. The van der Waals surface area contributed by atoms with Crippen molar-refractivity contribution in [1.82, 2.24) is 0 Å². The number of hydrogen-bond acceptors (Lipinski definition) is 7. The Morgan fingerprint density at radius 1 is 1.03 bits per heavy atom. The average molecular weight is 535 g/mol. The molecular formula is C26H47O9P. The van der Waals surface area contributed by atoms with E-state index in [0.29, 0.717) is 38.7 Å². The number of ether oxygens (including phenoxy) is 1. The van der Waals surface area contributed by atoms with Crippen LogP contribution in [0.25, 0.3) is 0 Å². The first-order valence-corrected chi connectivity index (χ1v) is 15.1. The van der Waals surface area contributed by atoms with Crippen molar-refractivity contribution >= 4 is 19.6 Å². The molecule has 4 atom stereocenters. The summed E-state index contributed by atoms with van der Waals surface area (Å²) < 4.78 is 20.1. The largest absolute Gasteiger partial charge is 0.469 e. The number of hydrogen-bond donors (Lipinski definition) is 4. The van der Waals surface area contributed by atoms with Crippen molar-refractivity contribution in [3.63, 3.8) is 0 Å². The van der Waals surface area contributed by atoms with E-state index in [9.17, 15) is 24.4 Å². The number of carbonyl (C=O) groups is 2. The minimum absolute atomic E-state index is 0.0131. The summed E-state index contributed by atoms with van der Waals surface area (Å²) in [6.45, 7) is 2.47. The summed E-state index contributed by atoms with van der Waals surface area (Å²) in [5, 5.41) is 20.4. The van der Waals surface area contributed by atoms with Crippen molar-refractivity contribution in [2.24, 2.45) is 11.8 Å². The van der Waals surface area contributed by atoms with E-state index in [2.05, 4.69) is 11.4 Å². The molecule has 0 aromatic heterocycles. The minimum Gasteiger partial charge on any atom is -0.466 e. The normalized spacial score (nSPS) is 21.4. The van der Waals surface area contributed by atoms with Gasteiger partial charge in [0, 0.05) is 24.7 Å². The fraction of sp³-hybridized carbons (Fsp3) is 0.846. The van der Waals surface area contributed by atoms with Gasteiger partial charge in [-0.05, 0) is 38.5 Å². The zero-order valence-corrected chi connectivity index (χ0v) is 22.7. The van der Waals surface area contributed by atoms with Crippen molar-refractivity contribution < 1.29 is 43.4 Å². The maximum Gasteiger partial charge on any atom is 0.469 e. The van der Waals surface area contributed by atoms with Crippen LogP contribution in [0.3, 0.4) is 0 Å². The molecule has 210 valence electrons. The Kier molecular flexibility index (Phi) is 17.4. The number of esters is 1. The molecule has 0 saturated heterocycles. The highest BCUT2D eigenvalue weighted by atomic mass is 31.2. The van der Waals surface area contributed by atoms with Gasteiger partial charge in [0.05, 0.1) is 25.4 Å². The smallest absolute Gasteiger partial charge is 0.466 e. The Hall–Kier alpha value is -1.09. The predicted molar refractivity (Wildman–Crippen MR) is 137 cm³/mol. The number of carbonyl (C=O) groups excluding carboxylic acids is 2. The van der Waals surface area contributed by atoms with E-state index in [1.165, 1.54) is 0 Å². The standard InChI is InChI=1S/C26H47O9P/c1-2-3-8-13-21(27)16-17-23-22(24(28)20-25(23)29)14-9-4-5-10-15-26(30)34-18-11-6-7-12-19-35-36(31,32)33/h16-17,21-23,25,27,29H,2-15,18-20H2,1H3,(H2,31,32,33)/b17-16+/t21-,22+,23+,25+/m0/s1. The highest BCUT2D eigenvalue weighted by molar-refractivity contribution is 7.46. The first kappa shape index (κ1) is 32.9. The second-order valence-electron chi connectivity index (χ2n) is 9.78. The van der Waals surface area contributed by atoms with Gasteiger partial charge in [-0.2, -0.15) is 0 Å². The van der Waals surface area contributed by atoms with Gasteiger partial charge >= 0.3 is 13.8 Å². The van der Waals surface area contributed by atoms with E-state index in [0.717, 1.165) is 57.8 Å². The molecule has 1 aliphatic rings. The number of aliphatic hydroxyl groups excluding tert-OH is 2. The second kappa shape index (κ2) is 19.0. The summed E-state index contributed by atoms with van der Waals surface area (Å²) in [6, 6.07) is 0. The zero-order valence-electron chi connectivity index (χ0n) is 21.8. The Balaban J connectivity index is 2.11. The lowest BCUT2D eigenvalue weighted by Crippen LogP contribution is -2.19. The third-order valence-corrected chi connectivity index (χ3v) is 7.12. The van der Waals surface area contributed by atoms with Gasteiger partial charge in [0.1, 0.15) is 5.78 Å². The number of phosphoric acid groups is 1. The Morgan fingerprint density at radius 2 is 1.69 bits per heavy atom. The third-order valence-electron chi connectivity index (χ3n) is 6.60. The summed E-state index contributed by atoms with van der Waals surface area (Å²) >= 11 is 0. The van der Waals surface area contributed by atoms with E-state index in [1.54, 1.807) is 6.08 Å². The fourth-order valence-electron chi connectivity index (χ4n) is 4.53. The van der Waals surface area contributed by atoms with Gasteiger partial charge in [0.25, 0.3) is 0 Å². The average Bonchev–Trinajstić information content (AvgIpc) is 3.07. The van der Waals surface area contributed by atoms with E-state index in [1.807, 2.05) is 6.08 Å². The second-order valence-corrected chi connectivity index (χ2v) is 11.0. The lowest BCUT2D eigenvalue weighted by Gasteiger charge is -2.18. The van der Waals surface area contributed by atoms with Gasteiger partial charge in [0.15, 0.2) is 0 Å². The summed E-state index contributed by atoms with van der Waals surface area (Å²) in [4.78, 5) is 41.3. The number of rotatable bonds is 21. The summed E-state index contributed by atoms with van der Waals surface area (Å²) in [7, 11) is -4.39. The fourth-order valence-corrected chi connectivity index (χ4v) is 4.90. The van der Waals surface area contributed by atoms with Crippen LogP contribution in [-0.2, 0) is 23.4 Å². The molecule has 1 fully saturated rings. The molecule has 10 heteroatoms. The molecule has 1 aliphatic carbocycles. The van der Waals surface area contributed by atoms with Crippen LogP contribution in [0.2, 0.25) is 0 Å². The van der Waals surface area contributed by atoms with E-state index in [4.69, 9.17) is 14.5 Å². The Bertz CT molecular complexity index is 691. The molecule has 36 heavy (non-hydrogen) atoms. The number of Topliss-reactive ketones (excluding diaryl/α,β-unsaturated/α-hetero) is 1. The molecule has 0 amide bonds. The maximum absolute atomic E-state index is 12.3. The van der Waals surface area contributed by atoms with Gasteiger partial charge in [-0.15, -0.1) is 0 Å². The quantitative estimate of drug-likeness (QED) is 0.0716. The highest BCUT2D eigenvalue weighted by Crippen LogP contribution is 2.36. The molecule has 0 aromatic rings.